The van der Waals surface area contributed by atoms with Gasteiger partial charge >= 0.3 is 0 Å². The maximum absolute atomic E-state index is 5.95. The highest BCUT2D eigenvalue weighted by atomic mass is 35.5. The monoisotopic (exact) mass is 310 g/mol. The summed E-state index contributed by atoms with van der Waals surface area (Å²) in [7, 11) is 1.60. The smallest absolute Gasteiger partial charge is 0.245 e. The summed E-state index contributed by atoms with van der Waals surface area (Å²) in [5.74, 6) is 1.96. The van der Waals surface area contributed by atoms with E-state index in [1.807, 2.05) is 0 Å². The van der Waals surface area contributed by atoms with E-state index in [1.54, 1.807) is 7.11 Å². The first-order valence-electron chi connectivity index (χ1n) is 7.10. The lowest BCUT2D eigenvalue weighted by molar-refractivity contribution is 0.0299. The molecule has 3 heterocycles. The zero-order valence-corrected chi connectivity index (χ0v) is 13.1. The molecule has 6 nitrogen and oxygen atoms in total. The first kappa shape index (κ1) is 14.5. The van der Waals surface area contributed by atoms with Crippen LogP contribution in [0.25, 0.3) is 11.2 Å². The molecule has 0 spiro atoms. The Labute approximate surface area is 128 Å². The van der Waals surface area contributed by atoms with Gasteiger partial charge in [0.15, 0.2) is 11.2 Å². The number of rotatable bonds is 4. The van der Waals surface area contributed by atoms with Gasteiger partial charge in [0, 0.05) is 31.1 Å². The van der Waals surface area contributed by atoms with Crippen LogP contribution in [0.2, 0.25) is 0 Å². The topological polar surface area (TPSA) is 62.1 Å². The predicted octanol–water partition coefficient (Wildman–Crippen LogP) is 2.14. The standard InChI is InChI=1S/C14H19ClN4O2/c1-14(4-7-21-8-5-14)19-10(3-6-15)18-11-12(19)16-9-17-13(11)20-2/h9H,3-8H2,1-2H3. The van der Waals surface area contributed by atoms with Crippen LogP contribution in [0.3, 0.4) is 0 Å². The lowest BCUT2D eigenvalue weighted by atomic mass is 9.92. The van der Waals surface area contributed by atoms with Crippen LogP contribution in [-0.2, 0) is 16.7 Å². The quantitative estimate of drug-likeness (QED) is 0.810. The Morgan fingerprint density at radius 3 is 2.81 bits per heavy atom. The molecule has 0 bridgehead atoms. The van der Waals surface area contributed by atoms with Crippen molar-refractivity contribution in [2.45, 2.75) is 31.7 Å². The lowest BCUT2D eigenvalue weighted by Gasteiger charge is -2.36. The van der Waals surface area contributed by atoms with Gasteiger partial charge in [0.25, 0.3) is 0 Å². The van der Waals surface area contributed by atoms with Crippen LogP contribution in [-0.4, -0.2) is 45.7 Å². The summed E-state index contributed by atoms with van der Waals surface area (Å²) in [6.07, 6.45) is 4.07. The van der Waals surface area contributed by atoms with Crippen LogP contribution in [0.15, 0.2) is 6.33 Å². The summed E-state index contributed by atoms with van der Waals surface area (Å²) in [5, 5.41) is 0. The summed E-state index contributed by atoms with van der Waals surface area (Å²) in [6.45, 7) is 3.72. The molecule has 1 aliphatic heterocycles. The minimum absolute atomic E-state index is 0.0617. The molecule has 1 saturated heterocycles. The van der Waals surface area contributed by atoms with Gasteiger partial charge in [0.2, 0.25) is 5.88 Å². The SMILES string of the molecule is COc1ncnc2c1nc(CCCl)n2C1(C)CCOCC1. The van der Waals surface area contributed by atoms with E-state index in [-0.39, 0.29) is 5.54 Å². The maximum Gasteiger partial charge on any atom is 0.245 e. The second-order valence-corrected chi connectivity index (χ2v) is 5.84. The Morgan fingerprint density at radius 2 is 2.14 bits per heavy atom. The number of ether oxygens (including phenoxy) is 2. The number of hydrogen-bond acceptors (Lipinski definition) is 5. The van der Waals surface area contributed by atoms with E-state index in [2.05, 4.69) is 26.4 Å². The van der Waals surface area contributed by atoms with E-state index in [4.69, 9.17) is 21.1 Å². The highest BCUT2D eigenvalue weighted by Crippen LogP contribution is 2.34. The number of halogens is 1. The summed E-state index contributed by atoms with van der Waals surface area (Å²) >= 11 is 5.95. The van der Waals surface area contributed by atoms with Gasteiger partial charge in [0.05, 0.1) is 7.11 Å². The normalized spacial score (nSPS) is 18.0. The van der Waals surface area contributed by atoms with E-state index in [1.165, 1.54) is 6.33 Å². The minimum atomic E-state index is -0.0617. The number of aromatic nitrogens is 4. The Hall–Kier alpha value is -1.40. The molecule has 0 unspecified atom stereocenters. The molecule has 0 aliphatic carbocycles. The van der Waals surface area contributed by atoms with Gasteiger partial charge in [-0.3, -0.25) is 0 Å². The minimum Gasteiger partial charge on any atom is -0.479 e. The van der Waals surface area contributed by atoms with Crippen LogP contribution in [0.1, 0.15) is 25.6 Å². The van der Waals surface area contributed by atoms with Gasteiger partial charge in [-0.15, -0.1) is 11.6 Å². The van der Waals surface area contributed by atoms with Crippen molar-refractivity contribution in [1.82, 2.24) is 19.5 Å². The second-order valence-electron chi connectivity index (χ2n) is 5.47. The van der Waals surface area contributed by atoms with E-state index < -0.39 is 0 Å². The van der Waals surface area contributed by atoms with Crippen LogP contribution >= 0.6 is 11.6 Å². The zero-order chi connectivity index (χ0) is 14.9. The number of nitrogens with zero attached hydrogens (tertiary/aromatic N) is 4. The average Bonchev–Trinajstić information content (AvgIpc) is 2.87. The number of imidazole rings is 1. The van der Waals surface area contributed by atoms with Gasteiger partial charge in [0.1, 0.15) is 12.2 Å². The lowest BCUT2D eigenvalue weighted by Crippen LogP contribution is -2.38. The fraction of sp³-hybridized carbons (Fsp3) is 0.643. The van der Waals surface area contributed by atoms with Gasteiger partial charge in [-0.2, -0.15) is 4.98 Å². The fourth-order valence-electron chi connectivity index (χ4n) is 2.92. The molecular formula is C14H19ClN4O2. The first-order chi connectivity index (χ1) is 10.2. The van der Waals surface area contributed by atoms with E-state index in [0.717, 1.165) is 37.5 Å². The number of fused-ring (bicyclic) bond motifs is 1. The van der Waals surface area contributed by atoms with Crippen molar-refractivity contribution >= 4 is 22.8 Å². The van der Waals surface area contributed by atoms with Gasteiger partial charge in [-0.05, 0) is 19.8 Å². The van der Waals surface area contributed by atoms with Crippen LogP contribution in [0.5, 0.6) is 5.88 Å². The molecule has 114 valence electrons. The van der Waals surface area contributed by atoms with E-state index in [9.17, 15) is 0 Å². The zero-order valence-electron chi connectivity index (χ0n) is 12.3. The van der Waals surface area contributed by atoms with Gasteiger partial charge in [-0.1, -0.05) is 0 Å². The molecule has 2 aromatic heterocycles. The Morgan fingerprint density at radius 1 is 1.38 bits per heavy atom. The van der Waals surface area contributed by atoms with E-state index >= 15 is 0 Å². The van der Waals surface area contributed by atoms with Crippen molar-refractivity contribution in [3.63, 3.8) is 0 Å². The molecule has 2 aromatic rings. The Balaban J connectivity index is 2.20. The third-order valence-electron chi connectivity index (χ3n) is 4.10. The number of alkyl halides is 1. The van der Waals surface area contributed by atoms with Crippen LogP contribution in [0, 0.1) is 0 Å². The molecule has 1 aliphatic rings. The largest absolute Gasteiger partial charge is 0.479 e. The third kappa shape index (κ3) is 2.46. The van der Waals surface area contributed by atoms with Crippen LogP contribution in [0.4, 0.5) is 0 Å². The molecular weight excluding hydrogens is 292 g/mol. The maximum atomic E-state index is 5.95. The summed E-state index contributed by atoms with van der Waals surface area (Å²) < 4.78 is 13.0. The molecule has 0 aromatic carbocycles. The van der Waals surface area contributed by atoms with Crippen molar-refractivity contribution in [2.24, 2.45) is 0 Å². The van der Waals surface area contributed by atoms with Gasteiger partial charge in [-0.25, -0.2) is 9.97 Å². The Kier molecular flexibility index (Phi) is 3.99. The fourth-order valence-corrected chi connectivity index (χ4v) is 3.09. The van der Waals surface area contributed by atoms with Crippen molar-refractivity contribution < 1.29 is 9.47 Å². The number of aryl methyl sites for hydroxylation is 1. The average molecular weight is 311 g/mol. The predicted molar refractivity (Wildman–Crippen MR) is 80.0 cm³/mol. The number of hydrogen-bond donors (Lipinski definition) is 0. The highest BCUT2D eigenvalue weighted by molar-refractivity contribution is 6.17. The number of methoxy groups -OCH3 is 1. The van der Waals surface area contributed by atoms with E-state index in [0.29, 0.717) is 23.7 Å². The van der Waals surface area contributed by atoms with Crippen LogP contribution < -0.4 is 4.74 Å². The molecule has 0 amide bonds. The third-order valence-corrected chi connectivity index (χ3v) is 4.29. The molecule has 0 N–H and O–H groups in total. The van der Waals surface area contributed by atoms with Crippen molar-refractivity contribution in [2.75, 3.05) is 26.2 Å². The summed E-state index contributed by atoms with van der Waals surface area (Å²) in [6, 6.07) is 0. The van der Waals surface area contributed by atoms with Crippen molar-refractivity contribution in [1.29, 1.82) is 0 Å². The molecule has 0 radical (unpaired) electrons. The Bertz CT molecular complexity index is 637. The van der Waals surface area contributed by atoms with Crippen molar-refractivity contribution in [3.8, 4) is 5.88 Å². The molecule has 3 rings (SSSR count). The molecule has 1 fully saturated rings. The molecule has 0 saturated carbocycles. The highest BCUT2D eigenvalue weighted by Gasteiger charge is 2.34. The summed E-state index contributed by atoms with van der Waals surface area (Å²) in [4.78, 5) is 13.3. The molecule has 7 heteroatoms. The molecule has 0 atom stereocenters. The van der Waals surface area contributed by atoms with Crippen molar-refractivity contribution in [3.05, 3.63) is 12.2 Å². The first-order valence-corrected chi connectivity index (χ1v) is 7.63. The second kappa shape index (κ2) is 5.77. The molecule has 21 heavy (non-hydrogen) atoms. The van der Waals surface area contributed by atoms with Gasteiger partial charge < -0.3 is 14.0 Å². The summed E-state index contributed by atoms with van der Waals surface area (Å²) in [5.41, 5.74) is 1.45.